The van der Waals surface area contributed by atoms with Crippen LogP contribution < -0.4 is 5.73 Å². The zero-order valence-electron chi connectivity index (χ0n) is 7.91. The summed E-state index contributed by atoms with van der Waals surface area (Å²) < 4.78 is 1.89. The first-order valence-electron chi connectivity index (χ1n) is 4.35. The summed E-state index contributed by atoms with van der Waals surface area (Å²) in [4.78, 5) is 0. The molecule has 0 unspecified atom stereocenters. The van der Waals surface area contributed by atoms with E-state index in [1.165, 1.54) is 0 Å². The van der Waals surface area contributed by atoms with Gasteiger partial charge in [-0.05, 0) is 12.3 Å². The van der Waals surface area contributed by atoms with Crippen LogP contribution in [0.5, 0.6) is 0 Å². The quantitative estimate of drug-likeness (QED) is 0.742. The van der Waals surface area contributed by atoms with E-state index in [1.54, 1.807) is 0 Å². The van der Waals surface area contributed by atoms with E-state index in [-0.39, 0.29) is 0 Å². The minimum atomic E-state index is 0.395. The van der Waals surface area contributed by atoms with Gasteiger partial charge in [0.1, 0.15) is 0 Å². The summed E-state index contributed by atoms with van der Waals surface area (Å²) >= 11 is 0. The van der Waals surface area contributed by atoms with Crippen molar-refractivity contribution in [2.24, 2.45) is 0 Å². The Labute approximate surface area is 72.8 Å². The number of hydrogen-bond acceptors (Lipinski definition) is 3. The Morgan fingerprint density at radius 1 is 1.50 bits per heavy atom. The average Bonchev–Trinajstić information content (AvgIpc) is 2.32. The standard InChI is InChI=1S/C8H16N4/c1-4-5-12-7(6(2)3)8(9)10-11-12/h6H,4-5,9H2,1-3H3. The third-order valence-electron chi connectivity index (χ3n) is 1.78. The maximum absolute atomic E-state index is 5.68. The van der Waals surface area contributed by atoms with Gasteiger partial charge in [0.25, 0.3) is 0 Å². The highest BCUT2D eigenvalue weighted by Gasteiger charge is 2.12. The van der Waals surface area contributed by atoms with Crippen LogP contribution in [0.3, 0.4) is 0 Å². The molecule has 0 aliphatic rings. The fourth-order valence-corrected chi connectivity index (χ4v) is 1.30. The first-order valence-corrected chi connectivity index (χ1v) is 4.35. The van der Waals surface area contributed by atoms with E-state index in [4.69, 9.17) is 5.73 Å². The number of rotatable bonds is 3. The Hall–Kier alpha value is -1.06. The molecule has 0 fully saturated rings. The number of aryl methyl sites for hydroxylation is 1. The summed E-state index contributed by atoms with van der Waals surface area (Å²) in [5, 5.41) is 7.82. The number of nitrogens with two attached hydrogens (primary N) is 1. The molecular formula is C8H16N4. The molecule has 0 bridgehead atoms. The lowest BCUT2D eigenvalue weighted by molar-refractivity contribution is 0.542. The Kier molecular flexibility index (Phi) is 2.68. The summed E-state index contributed by atoms with van der Waals surface area (Å²) in [6.45, 7) is 7.21. The van der Waals surface area contributed by atoms with E-state index in [0.29, 0.717) is 11.7 Å². The summed E-state index contributed by atoms with van der Waals surface area (Å²) in [6, 6.07) is 0. The molecule has 68 valence electrons. The Balaban J connectivity index is 2.95. The summed E-state index contributed by atoms with van der Waals surface area (Å²) in [6.07, 6.45) is 1.06. The SMILES string of the molecule is CCCn1nnc(N)c1C(C)C. The lowest BCUT2D eigenvalue weighted by atomic mass is 10.1. The smallest absolute Gasteiger partial charge is 0.169 e. The third-order valence-corrected chi connectivity index (χ3v) is 1.78. The van der Waals surface area contributed by atoms with Crippen LogP contribution in [-0.4, -0.2) is 15.0 Å². The fraction of sp³-hybridized carbons (Fsp3) is 0.750. The first-order chi connectivity index (χ1) is 5.66. The van der Waals surface area contributed by atoms with E-state index in [9.17, 15) is 0 Å². The molecule has 1 rings (SSSR count). The van der Waals surface area contributed by atoms with Gasteiger partial charge in [-0.2, -0.15) is 0 Å². The van der Waals surface area contributed by atoms with Gasteiger partial charge >= 0.3 is 0 Å². The van der Waals surface area contributed by atoms with Crippen molar-refractivity contribution in [2.75, 3.05) is 5.73 Å². The molecule has 1 aromatic heterocycles. The minimum Gasteiger partial charge on any atom is -0.381 e. The molecule has 12 heavy (non-hydrogen) atoms. The van der Waals surface area contributed by atoms with Crippen LogP contribution >= 0.6 is 0 Å². The van der Waals surface area contributed by atoms with Crippen LogP contribution in [0.25, 0.3) is 0 Å². The molecule has 1 heterocycles. The van der Waals surface area contributed by atoms with Crippen LogP contribution in [0, 0.1) is 0 Å². The van der Waals surface area contributed by atoms with Crippen LogP contribution in [-0.2, 0) is 6.54 Å². The maximum Gasteiger partial charge on any atom is 0.169 e. The third kappa shape index (κ3) is 1.57. The predicted molar refractivity (Wildman–Crippen MR) is 48.8 cm³/mol. The first kappa shape index (κ1) is 9.03. The van der Waals surface area contributed by atoms with Crippen molar-refractivity contribution in [3.8, 4) is 0 Å². The molecule has 0 radical (unpaired) electrons. The molecule has 4 nitrogen and oxygen atoms in total. The van der Waals surface area contributed by atoms with E-state index in [2.05, 4.69) is 31.1 Å². The highest BCUT2D eigenvalue weighted by molar-refractivity contribution is 5.34. The molecule has 1 aromatic rings. The van der Waals surface area contributed by atoms with E-state index in [1.807, 2.05) is 4.68 Å². The maximum atomic E-state index is 5.68. The zero-order chi connectivity index (χ0) is 9.14. The van der Waals surface area contributed by atoms with Gasteiger partial charge in [-0.3, -0.25) is 0 Å². The largest absolute Gasteiger partial charge is 0.381 e. The topological polar surface area (TPSA) is 56.7 Å². The molecular weight excluding hydrogens is 152 g/mol. The highest BCUT2D eigenvalue weighted by atomic mass is 15.4. The molecule has 0 atom stereocenters. The number of nitrogen functional groups attached to an aromatic ring is 1. The molecule has 0 spiro atoms. The summed E-state index contributed by atoms with van der Waals surface area (Å²) in [5.41, 5.74) is 6.73. The van der Waals surface area contributed by atoms with Gasteiger partial charge in [0.05, 0.1) is 5.69 Å². The molecule has 0 aliphatic carbocycles. The lowest BCUT2D eigenvalue weighted by Crippen LogP contribution is -2.07. The average molecular weight is 168 g/mol. The molecule has 2 N–H and O–H groups in total. The van der Waals surface area contributed by atoms with Crippen LogP contribution in [0.2, 0.25) is 0 Å². The van der Waals surface area contributed by atoms with Crippen molar-refractivity contribution in [1.29, 1.82) is 0 Å². The van der Waals surface area contributed by atoms with E-state index >= 15 is 0 Å². The van der Waals surface area contributed by atoms with Gasteiger partial charge in [-0.1, -0.05) is 26.0 Å². The lowest BCUT2D eigenvalue weighted by Gasteiger charge is -2.07. The number of aromatic nitrogens is 3. The Morgan fingerprint density at radius 2 is 2.17 bits per heavy atom. The van der Waals surface area contributed by atoms with Gasteiger partial charge in [0.15, 0.2) is 5.82 Å². The fourth-order valence-electron chi connectivity index (χ4n) is 1.30. The van der Waals surface area contributed by atoms with Gasteiger partial charge in [-0.25, -0.2) is 4.68 Å². The predicted octanol–water partition coefficient (Wildman–Crippen LogP) is 1.39. The van der Waals surface area contributed by atoms with Gasteiger partial charge in [0.2, 0.25) is 0 Å². The van der Waals surface area contributed by atoms with Crippen LogP contribution in [0.1, 0.15) is 38.8 Å². The van der Waals surface area contributed by atoms with Crippen molar-refractivity contribution in [3.05, 3.63) is 5.69 Å². The van der Waals surface area contributed by atoms with E-state index in [0.717, 1.165) is 18.7 Å². The van der Waals surface area contributed by atoms with Crippen molar-refractivity contribution in [1.82, 2.24) is 15.0 Å². The van der Waals surface area contributed by atoms with Crippen LogP contribution in [0.4, 0.5) is 5.82 Å². The molecule has 0 amide bonds. The molecule has 0 aromatic carbocycles. The molecule has 4 heteroatoms. The second kappa shape index (κ2) is 3.56. The number of nitrogens with zero attached hydrogens (tertiary/aromatic N) is 3. The second-order valence-electron chi connectivity index (χ2n) is 3.24. The number of hydrogen-bond donors (Lipinski definition) is 1. The highest BCUT2D eigenvalue weighted by Crippen LogP contribution is 2.18. The van der Waals surface area contributed by atoms with Crippen molar-refractivity contribution in [3.63, 3.8) is 0 Å². The Morgan fingerprint density at radius 3 is 2.67 bits per heavy atom. The zero-order valence-corrected chi connectivity index (χ0v) is 7.91. The monoisotopic (exact) mass is 168 g/mol. The van der Waals surface area contributed by atoms with Crippen molar-refractivity contribution in [2.45, 2.75) is 39.7 Å². The molecule has 0 saturated carbocycles. The van der Waals surface area contributed by atoms with Gasteiger partial charge in [-0.15, -0.1) is 5.10 Å². The molecule has 0 aliphatic heterocycles. The minimum absolute atomic E-state index is 0.395. The molecule has 0 saturated heterocycles. The summed E-state index contributed by atoms with van der Waals surface area (Å²) in [7, 11) is 0. The number of anilines is 1. The van der Waals surface area contributed by atoms with Crippen molar-refractivity contribution < 1.29 is 0 Å². The normalized spacial score (nSPS) is 11.0. The van der Waals surface area contributed by atoms with Gasteiger partial charge in [0, 0.05) is 6.54 Å². The summed E-state index contributed by atoms with van der Waals surface area (Å²) in [5.74, 6) is 0.963. The van der Waals surface area contributed by atoms with Crippen molar-refractivity contribution >= 4 is 5.82 Å². The Bertz CT molecular complexity index is 252. The van der Waals surface area contributed by atoms with Gasteiger partial charge < -0.3 is 5.73 Å². The van der Waals surface area contributed by atoms with Crippen LogP contribution in [0.15, 0.2) is 0 Å². The van der Waals surface area contributed by atoms with E-state index < -0.39 is 0 Å². The second-order valence-corrected chi connectivity index (χ2v) is 3.24.